The first-order valence-corrected chi connectivity index (χ1v) is 13.9. The van der Waals surface area contributed by atoms with Crippen molar-refractivity contribution in [2.45, 2.75) is 12.5 Å². The Bertz CT molecular complexity index is 1020. The molecule has 2 amide bonds. The van der Waals surface area contributed by atoms with Gasteiger partial charge in [0.1, 0.15) is 5.75 Å². The van der Waals surface area contributed by atoms with E-state index in [0.717, 1.165) is 36.4 Å². The number of hydrogen-bond donors (Lipinski definition) is 2. The molecule has 0 bridgehead atoms. The average Bonchev–Trinajstić information content (AvgIpc) is 3.41. The summed E-state index contributed by atoms with van der Waals surface area (Å²) in [6.45, 7) is 2.75. The molecule has 4 rings (SSSR count). The van der Waals surface area contributed by atoms with Crippen LogP contribution in [-0.2, 0) is 11.2 Å². The fourth-order valence-corrected chi connectivity index (χ4v) is 5.21. The average molecular weight is 787 g/mol. The second-order valence-corrected chi connectivity index (χ2v) is 19.0. The fourth-order valence-electron chi connectivity index (χ4n) is 4.45. The Hall–Kier alpha value is -0.870. The molecule has 0 radical (unpaired) electrons. The molecule has 0 aromatic heterocycles. The zero-order valence-corrected chi connectivity index (χ0v) is 24.2. The number of hydrogen-bond acceptors (Lipinski definition) is 4. The van der Waals surface area contributed by atoms with Crippen molar-refractivity contribution in [1.82, 2.24) is 5.32 Å². The highest BCUT2D eigenvalue weighted by Gasteiger charge is 2.33. The van der Waals surface area contributed by atoms with Crippen molar-refractivity contribution in [3.63, 3.8) is 0 Å². The summed E-state index contributed by atoms with van der Waals surface area (Å²) in [4.78, 5) is 28.6. The topological polar surface area (TPSA) is 82.1 Å². The van der Waals surface area contributed by atoms with Crippen LogP contribution in [-0.4, -0.2) is 42.9 Å². The van der Waals surface area contributed by atoms with Crippen LogP contribution in [0.4, 0.5) is 16.2 Å². The molecule has 33 heavy (non-hydrogen) atoms. The van der Waals surface area contributed by atoms with Crippen molar-refractivity contribution in [1.29, 1.82) is 0 Å². The third kappa shape index (κ3) is 6.42. The molecule has 2 N–H and O–H groups in total. The quantitative estimate of drug-likeness (QED) is 0.282. The first kappa shape index (κ1) is 25.2. The van der Waals surface area contributed by atoms with Crippen LogP contribution in [0.2, 0.25) is 0 Å². The maximum absolute atomic E-state index is 13.3. The van der Waals surface area contributed by atoms with Crippen molar-refractivity contribution >= 4 is 91.1 Å². The molecule has 2 aromatic rings. The normalized spacial score (nSPS) is 19.7. The summed E-state index contributed by atoms with van der Waals surface area (Å²) in [5.74, 6) is -0.339. The maximum atomic E-state index is 13.3. The van der Waals surface area contributed by atoms with Gasteiger partial charge in [-0.15, -0.1) is 0 Å². The Labute approximate surface area is 234 Å². The number of anilines is 2. The van der Waals surface area contributed by atoms with Crippen LogP contribution in [0, 0.1) is 11.8 Å². The SMILES string of the molecule is O=C(O)[C@@H](Cc1cccc(N2CCN(c3cccc(OC(I)(I)I)c3)C2=O)c1)[C@H]1CCNC1. The van der Waals surface area contributed by atoms with Gasteiger partial charge in [-0.05, 0) is 129 Å². The molecule has 0 aliphatic carbocycles. The van der Waals surface area contributed by atoms with E-state index in [1.165, 1.54) is 0 Å². The number of aliphatic carboxylic acids is 1. The number of carbonyl (C=O) groups excluding carboxylic acids is 1. The molecular formula is C23H24I3N3O4. The summed E-state index contributed by atoms with van der Waals surface area (Å²) in [5, 5.41) is 13.0. The van der Waals surface area contributed by atoms with E-state index in [1.807, 2.05) is 48.5 Å². The van der Waals surface area contributed by atoms with E-state index in [9.17, 15) is 14.7 Å². The largest absolute Gasteiger partial charge is 0.481 e. The van der Waals surface area contributed by atoms with E-state index in [0.29, 0.717) is 25.3 Å². The first-order chi connectivity index (χ1) is 15.7. The van der Waals surface area contributed by atoms with E-state index in [2.05, 4.69) is 73.1 Å². The van der Waals surface area contributed by atoms with Gasteiger partial charge in [0.2, 0.25) is 0 Å². The number of carboxylic acid groups (broad SMARTS) is 1. The van der Waals surface area contributed by atoms with Crippen LogP contribution in [0.5, 0.6) is 5.75 Å². The Morgan fingerprint density at radius 3 is 2.39 bits per heavy atom. The number of halogens is 3. The van der Waals surface area contributed by atoms with Gasteiger partial charge in [-0.25, -0.2) is 4.79 Å². The zero-order valence-electron chi connectivity index (χ0n) is 17.7. The summed E-state index contributed by atoms with van der Waals surface area (Å²) in [5.41, 5.74) is 2.53. The Morgan fingerprint density at radius 2 is 1.79 bits per heavy atom. The van der Waals surface area contributed by atoms with Crippen LogP contribution in [0.25, 0.3) is 0 Å². The summed E-state index contributed by atoms with van der Waals surface area (Å²) >= 11 is 6.61. The summed E-state index contributed by atoms with van der Waals surface area (Å²) in [6.07, 6.45) is 1.35. The number of amides is 2. The minimum absolute atomic E-state index is 0.0937. The van der Waals surface area contributed by atoms with E-state index in [4.69, 9.17) is 4.74 Å². The van der Waals surface area contributed by atoms with Crippen molar-refractivity contribution < 1.29 is 19.4 Å². The molecule has 176 valence electrons. The van der Waals surface area contributed by atoms with Gasteiger partial charge in [-0.2, -0.15) is 0 Å². The molecule has 2 heterocycles. The van der Waals surface area contributed by atoms with Crippen LogP contribution in [0.1, 0.15) is 12.0 Å². The van der Waals surface area contributed by atoms with E-state index < -0.39 is 11.5 Å². The van der Waals surface area contributed by atoms with E-state index in [-0.39, 0.29) is 11.9 Å². The van der Waals surface area contributed by atoms with Gasteiger partial charge in [-0.3, -0.25) is 14.6 Å². The summed E-state index contributed by atoms with van der Waals surface area (Å²) in [7, 11) is 0. The molecule has 10 heteroatoms. The van der Waals surface area contributed by atoms with Gasteiger partial charge in [0.25, 0.3) is -0.379 Å². The second-order valence-electron chi connectivity index (χ2n) is 8.20. The number of ether oxygens (including phenoxy) is 1. The third-order valence-electron chi connectivity index (χ3n) is 6.03. The predicted octanol–water partition coefficient (Wildman–Crippen LogP) is 5.28. The highest BCUT2D eigenvalue weighted by atomic mass is 127. The standard InChI is InChI=1S/C23H24I3N3O4/c24-23(25,26)33-19-6-2-5-18(13-19)29-10-9-28(22(29)32)17-4-1-3-15(11-17)12-20(21(30)31)16-7-8-27-14-16/h1-6,11,13,16,20,27H,7-10,12,14H2,(H,30,31)/t16-,20-/m0/s1. The zero-order chi connectivity index (χ0) is 23.6. The highest BCUT2D eigenvalue weighted by molar-refractivity contribution is 14.3. The highest BCUT2D eigenvalue weighted by Crippen LogP contribution is 2.39. The number of carboxylic acids is 1. The molecular weight excluding hydrogens is 763 g/mol. The molecule has 2 fully saturated rings. The van der Waals surface area contributed by atoms with Crippen molar-refractivity contribution in [3.05, 3.63) is 54.1 Å². The van der Waals surface area contributed by atoms with E-state index in [1.54, 1.807) is 9.80 Å². The lowest BCUT2D eigenvalue weighted by atomic mass is 9.86. The molecule has 2 aliphatic heterocycles. The van der Waals surface area contributed by atoms with Gasteiger partial charge in [0.15, 0.2) is 0 Å². The number of alkyl halides is 3. The fraction of sp³-hybridized carbons (Fsp3) is 0.391. The Kier molecular flexibility index (Phi) is 8.26. The molecule has 2 aromatic carbocycles. The smallest absolute Gasteiger partial charge is 0.329 e. The Balaban J connectivity index is 1.49. The molecule has 0 unspecified atom stereocenters. The van der Waals surface area contributed by atoms with Crippen LogP contribution in [0.15, 0.2) is 48.5 Å². The molecule has 2 aliphatic rings. The lowest BCUT2D eigenvalue weighted by molar-refractivity contribution is -0.143. The van der Waals surface area contributed by atoms with Gasteiger partial charge < -0.3 is 15.2 Å². The number of nitrogens with one attached hydrogen (secondary N) is 1. The summed E-state index contributed by atoms with van der Waals surface area (Å²) < 4.78 is 5.51. The lowest BCUT2D eigenvalue weighted by Crippen LogP contribution is -2.32. The molecule has 2 atom stereocenters. The predicted molar refractivity (Wildman–Crippen MR) is 154 cm³/mol. The van der Waals surface area contributed by atoms with Crippen molar-refractivity contribution in [3.8, 4) is 5.75 Å². The minimum atomic E-state index is -0.756. The van der Waals surface area contributed by atoms with Crippen LogP contribution in [0.3, 0.4) is 0 Å². The van der Waals surface area contributed by atoms with Gasteiger partial charge in [0.05, 0.1) is 5.92 Å². The number of nitrogens with zero attached hydrogens (tertiary/aromatic N) is 2. The monoisotopic (exact) mass is 787 g/mol. The molecule has 0 saturated carbocycles. The van der Waals surface area contributed by atoms with Gasteiger partial charge in [-0.1, -0.05) is 18.2 Å². The first-order valence-electron chi connectivity index (χ1n) is 10.7. The molecule has 2 saturated heterocycles. The number of benzene rings is 2. The molecule has 0 spiro atoms. The van der Waals surface area contributed by atoms with Crippen molar-refractivity contribution in [2.24, 2.45) is 11.8 Å². The van der Waals surface area contributed by atoms with Crippen LogP contribution < -0.4 is 19.9 Å². The number of rotatable bonds is 8. The minimum Gasteiger partial charge on any atom is -0.481 e. The number of carbonyl (C=O) groups is 2. The lowest BCUT2D eigenvalue weighted by Gasteiger charge is -2.22. The van der Waals surface area contributed by atoms with E-state index >= 15 is 0 Å². The Morgan fingerprint density at radius 1 is 1.12 bits per heavy atom. The maximum Gasteiger partial charge on any atom is 0.329 e. The van der Waals surface area contributed by atoms with Gasteiger partial charge in [0, 0.05) is 30.5 Å². The van der Waals surface area contributed by atoms with Gasteiger partial charge >= 0.3 is 12.0 Å². The molecule has 7 nitrogen and oxygen atoms in total. The third-order valence-corrected chi connectivity index (χ3v) is 6.70. The van der Waals surface area contributed by atoms with Crippen molar-refractivity contribution in [2.75, 3.05) is 36.0 Å². The summed E-state index contributed by atoms with van der Waals surface area (Å²) in [6, 6.07) is 15.2. The number of urea groups is 1. The second kappa shape index (κ2) is 10.8. The van der Waals surface area contributed by atoms with Crippen LogP contribution >= 0.6 is 67.8 Å².